The van der Waals surface area contributed by atoms with Gasteiger partial charge in [0.1, 0.15) is 12.6 Å². The molecule has 2 atom stereocenters. The first-order chi connectivity index (χ1) is 17.5. The summed E-state index contributed by atoms with van der Waals surface area (Å²) < 4.78 is 5.66. The van der Waals surface area contributed by atoms with Crippen LogP contribution in [-0.2, 0) is 26.5 Å². The maximum atomic E-state index is 13.5. The number of carboxylic acid groups (broad SMARTS) is 1. The lowest BCUT2D eigenvalue weighted by Crippen LogP contribution is -2.55. The van der Waals surface area contributed by atoms with Crippen molar-refractivity contribution in [1.29, 1.82) is 0 Å². The second-order valence-corrected chi connectivity index (χ2v) is 9.05. The van der Waals surface area contributed by atoms with Crippen molar-refractivity contribution in [2.45, 2.75) is 25.1 Å². The zero-order chi connectivity index (χ0) is 25.1. The Hall–Kier alpha value is -4.22. The lowest BCUT2D eigenvalue weighted by molar-refractivity contribution is -0.155. The minimum absolute atomic E-state index is 0.0652. The molecule has 0 aromatic heterocycles. The van der Waals surface area contributed by atoms with Crippen molar-refractivity contribution in [1.82, 2.24) is 5.32 Å². The smallest absolute Gasteiger partial charge is 0.324 e. The molecule has 0 fully saturated rings. The van der Waals surface area contributed by atoms with Crippen LogP contribution in [0.5, 0.6) is 0 Å². The van der Waals surface area contributed by atoms with Crippen LogP contribution in [0.2, 0.25) is 0 Å². The fourth-order valence-corrected chi connectivity index (χ4v) is 5.06. The Bertz CT molecular complexity index is 1340. The number of carbonyl (C=O) groups excluding carboxylic acids is 1. The molecule has 1 aliphatic carbocycles. The number of hydrogen-bond acceptors (Lipinski definition) is 4. The predicted molar refractivity (Wildman–Crippen MR) is 138 cm³/mol. The Morgan fingerprint density at radius 1 is 0.778 bits per heavy atom. The van der Waals surface area contributed by atoms with Gasteiger partial charge in [-0.25, -0.2) is 0 Å². The van der Waals surface area contributed by atoms with Gasteiger partial charge < -0.3 is 9.84 Å². The van der Waals surface area contributed by atoms with Gasteiger partial charge in [0.25, 0.3) is 0 Å². The van der Waals surface area contributed by atoms with Crippen molar-refractivity contribution < 1.29 is 19.4 Å². The van der Waals surface area contributed by atoms with Crippen LogP contribution < -0.4 is 5.32 Å². The lowest BCUT2D eigenvalue weighted by Gasteiger charge is -2.38. The Morgan fingerprint density at radius 3 is 1.83 bits per heavy atom. The molecule has 0 radical (unpaired) electrons. The molecular weight excluding hydrogens is 450 g/mol. The van der Waals surface area contributed by atoms with Gasteiger partial charge in [0.2, 0.25) is 0 Å². The standard InChI is InChI=1S/C31H27NO4/c1-21(29(33)34)28(30(35)36-20-22-12-4-2-5-13-22)32-31(23-14-6-3-7-15-23)26-18-10-8-16-24(26)25-17-9-11-19-27(25)31/h2-19,21,28,32H,20H2,1H3,(H,33,34)/t21?,28-/m0/s1. The van der Waals surface area contributed by atoms with Crippen LogP contribution in [0.4, 0.5) is 0 Å². The third kappa shape index (κ3) is 4.08. The van der Waals surface area contributed by atoms with Gasteiger partial charge in [0, 0.05) is 0 Å². The van der Waals surface area contributed by atoms with Crippen LogP contribution in [0.15, 0.2) is 109 Å². The quantitative estimate of drug-likeness (QED) is 0.333. The van der Waals surface area contributed by atoms with Crippen LogP contribution in [0, 0.1) is 5.92 Å². The van der Waals surface area contributed by atoms with Crippen molar-refractivity contribution >= 4 is 11.9 Å². The van der Waals surface area contributed by atoms with Gasteiger partial charge in [-0.2, -0.15) is 0 Å². The molecule has 0 saturated carbocycles. The summed E-state index contributed by atoms with van der Waals surface area (Å²) in [5.74, 6) is -2.72. The summed E-state index contributed by atoms with van der Waals surface area (Å²) in [4.78, 5) is 25.7. The van der Waals surface area contributed by atoms with E-state index in [2.05, 4.69) is 17.4 Å². The fraction of sp³-hybridized carbons (Fsp3) is 0.161. The van der Waals surface area contributed by atoms with Gasteiger partial charge in [-0.05, 0) is 40.3 Å². The molecule has 180 valence electrons. The first kappa shape index (κ1) is 23.5. The van der Waals surface area contributed by atoms with E-state index in [0.717, 1.165) is 33.4 Å². The number of fused-ring (bicyclic) bond motifs is 3. The minimum atomic E-state index is -1.11. The Kier molecular flexibility index (Phi) is 6.40. The molecule has 0 saturated heterocycles. The molecule has 0 amide bonds. The second-order valence-electron chi connectivity index (χ2n) is 9.05. The van der Waals surface area contributed by atoms with E-state index in [1.54, 1.807) is 0 Å². The average molecular weight is 478 g/mol. The largest absolute Gasteiger partial charge is 0.481 e. The molecule has 4 aromatic carbocycles. The van der Waals surface area contributed by atoms with Gasteiger partial charge in [-0.1, -0.05) is 109 Å². The zero-order valence-corrected chi connectivity index (χ0v) is 19.9. The molecule has 2 N–H and O–H groups in total. The third-order valence-corrected chi connectivity index (χ3v) is 6.90. The molecule has 4 aromatic rings. The molecule has 5 rings (SSSR count). The molecular formula is C31H27NO4. The van der Waals surface area contributed by atoms with Crippen molar-refractivity contribution in [3.63, 3.8) is 0 Å². The number of nitrogens with one attached hydrogen (secondary N) is 1. The highest BCUT2D eigenvalue weighted by Crippen LogP contribution is 2.51. The number of aliphatic carboxylic acids is 1. The Morgan fingerprint density at radius 2 is 1.28 bits per heavy atom. The Balaban J connectivity index is 1.63. The first-order valence-corrected chi connectivity index (χ1v) is 12.0. The summed E-state index contributed by atoms with van der Waals surface area (Å²) in [6.07, 6.45) is 0. The molecule has 0 bridgehead atoms. The minimum Gasteiger partial charge on any atom is -0.481 e. The molecule has 36 heavy (non-hydrogen) atoms. The highest BCUT2D eigenvalue weighted by atomic mass is 16.5. The number of rotatable bonds is 8. The number of benzene rings is 4. The van der Waals surface area contributed by atoms with Gasteiger partial charge in [-0.15, -0.1) is 0 Å². The van der Waals surface area contributed by atoms with Crippen molar-refractivity contribution in [3.05, 3.63) is 131 Å². The number of carboxylic acids is 1. The maximum Gasteiger partial charge on any atom is 0.324 e. The SMILES string of the molecule is CC(C(=O)O)[C@H](NC1(c2ccccc2)c2ccccc2-c2ccccc21)C(=O)OCc1ccccc1. The third-order valence-electron chi connectivity index (χ3n) is 6.90. The lowest BCUT2D eigenvalue weighted by atomic mass is 9.79. The number of carbonyl (C=O) groups is 2. The van der Waals surface area contributed by atoms with Crippen molar-refractivity contribution in [3.8, 4) is 11.1 Å². The summed E-state index contributed by atoms with van der Waals surface area (Å²) in [7, 11) is 0. The van der Waals surface area contributed by atoms with Gasteiger partial charge in [0.05, 0.1) is 11.5 Å². The molecule has 0 spiro atoms. The highest BCUT2D eigenvalue weighted by molar-refractivity contribution is 5.86. The van der Waals surface area contributed by atoms with E-state index in [9.17, 15) is 14.7 Å². The van der Waals surface area contributed by atoms with Gasteiger partial charge >= 0.3 is 11.9 Å². The normalized spacial score (nSPS) is 14.8. The molecule has 0 heterocycles. The van der Waals surface area contributed by atoms with Crippen molar-refractivity contribution in [2.75, 3.05) is 0 Å². The molecule has 1 aliphatic rings. The molecule has 0 aliphatic heterocycles. The van der Waals surface area contributed by atoms with Crippen LogP contribution in [0.3, 0.4) is 0 Å². The molecule has 1 unspecified atom stereocenters. The number of hydrogen-bond donors (Lipinski definition) is 2. The predicted octanol–water partition coefficient (Wildman–Crippen LogP) is 5.38. The number of esters is 1. The van der Waals surface area contributed by atoms with E-state index in [-0.39, 0.29) is 6.61 Å². The highest BCUT2D eigenvalue weighted by Gasteiger charge is 2.48. The topological polar surface area (TPSA) is 75.6 Å². The van der Waals surface area contributed by atoms with Gasteiger partial charge in [-0.3, -0.25) is 14.9 Å². The average Bonchev–Trinajstić information content (AvgIpc) is 3.21. The fourth-order valence-electron chi connectivity index (χ4n) is 5.06. The van der Waals surface area contributed by atoms with E-state index in [1.165, 1.54) is 6.92 Å². The van der Waals surface area contributed by atoms with E-state index >= 15 is 0 Å². The summed E-state index contributed by atoms with van der Waals surface area (Å²) in [6.45, 7) is 1.60. The summed E-state index contributed by atoms with van der Waals surface area (Å²) in [6, 6.07) is 34.2. The Labute approximate surface area is 210 Å². The van der Waals surface area contributed by atoms with E-state index in [4.69, 9.17) is 4.74 Å². The summed E-state index contributed by atoms with van der Waals surface area (Å²) in [5, 5.41) is 13.5. The van der Waals surface area contributed by atoms with E-state index < -0.39 is 29.4 Å². The zero-order valence-electron chi connectivity index (χ0n) is 19.9. The number of ether oxygens (including phenoxy) is 1. The molecule has 5 heteroatoms. The van der Waals surface area contributed by atoms with Gasteiger partial charge in [0.15, 0.2) is 0 Å². The van der Waals surface area contributed by atoms with Crippen LogP contribution >= 0.6 is 0 Å². The monoisotopic (exact) mass is 477 g/mol. The van der Waals surface area contributed by atoms with E-state index in [0.29, 0.717) is 0 Å². The first-order valence-electron chi connectivity index (χ1n) is 12.0. The van der Waals surface area contributed by atoms with Crippen molar-refractivity contribution in [2.24, 2.45) is 5.92 Å². The summed E-state index contributed by atoms with van der Waals surface area (Å²) >= 11 is 0. The summed E-state index contributed by atoms with van der Waals surface area (Å²) in [5.41, 5.74) is 4.84. The van der Waals surface area contributed by atoms with E-state index in [1.807, 2.05) is 97.1 Å². The van der Waals surface area contributed by atoms with Crippen LogP contribution in [0.25, 0.3) is 11.1 Å². The molecule has 5 nitrogen and oxygen atoms in total. The van der Waals surface area contributed by atoms with Crippen LogP contribution in [-0.4, -0.2) is 23.1 Å². The maximum absolute atomic E-state index is 13.5. The second kappa shape index (κ2) is 9.80. The van der Waals surface area contributed by atoms with Crippen LogP contribution in [0.1, 0.15) is 29.2 Å².